The molecule has 0 aromatic rings. The van der Waals surface area contributed by atoms with Crippen LogP contribution in [0.3, 0.4) is 0 Å². The van der Waals surface area contributed by atoms with Gasteiger partial charge in [-0.25, -0.2) is 4.42 Å². The highest BCUT2D eigenvalue weighted by Gasteiger charge is 2.22. The molecule has 1 aliphatic heterocycles. The van der Waals surface area contributed by atoms with Gasteiger partial charge in [-0.3, -0.25) is 0 Å². The second-order valence-electron chi connectivity index (χ2n) is 3.28. The van der Waals surface area contributed by atoms with Crippen LogP contribution in [0.25, 0.3) is 0 Å². The minimum absolute atomic E-state index is 0.587. The normalized spacial score (nSPS) is 36.3. The first-order valence-corrected chi connectivity index (χ1v) is 4.50. The van der Waals surface area contributed by atoms with Gasteiger partial charge in [0, 0.05) is 12.6 Å². The smallest absolute Gasteiger partial charge is 0.0223 e. The number of rotatable bonds is 1. The second kappa shape index (κ2) is 3.59. The SMILES string of the molecule is CC[C@@H]1CC[C@@H](C)N(Cl)C1. The predicted molar refractivity (Wildman–Crippen MR) is 45.0 cm³/mol. The monoisotopic (exact) mass is 161 g/mol. The maximum atomic E-state index is 5.97. The van der Waals surface area contributed by atoms with Crippen LogP contribution in [0.1, 0.15) is 33.1 Å². The summed E-state index contributed by atoms with van der Waals surface area (Å²) in [7, 11) is 0. The molecule has 0 radical (unpaired) electrons. The summed E-state index contributed by atoms with van der Waals surface area (Å²) in [6, 6.07) is 0.587. The fourth-order valence-electron chi connectivity index (χ4n) is 1.47. The van der Waals surface area contributed by atoms with Gasteiger partial charge in [-0.2, -0.15) is 0 Å². The Bertz CT molecular complexity index is 105. The van der Waals surface area contributed by atoms with Crippen LogP contribution in [-0.2, 0) is 0 Å². The van der Waals surface area contributed by atoms with E-state index in [1.165, 1.54) is 19.3 Å². The van der Waals surface area contributed by atoms with Gasteiger partial charge in [-0.05, 0) is 37.5 Å². The van der Waals surface area contributed by atoms with Crippen LogP contribution in [0.15, 0.2) is 0 Å². The Morgan fingerprint density at radius 3 is 2.70 bits per heavy atom. The van der Waals surface area contributed by atoms with E-state index in [1.54, 1.807) is 0 Å². The fraction of sp³-hybridized carbons (Fsp3) is 1.00. The van der Waals surface area contributed by atoms with Crippen LogP contribution in [0.2, 0.25) is 0 Å². The topological polar surface area (TPSA) is 3.24 Å². The molecule has 1 fully saturated rings. The van der Waals surface area contributed by atoms with Crippen molar-refractivity contribution in [2.24, 2.45) is 5.92 Å². The van der Waals surface area contributed by atoms with E-state index in [4.69, 9.17) is 11.8 Å². The van der Waals surface area contributed by atoms with Gasteiger partial charge in [0.25, 0.3) is 0 Å². The van der Waals surface area contributed by atoms with E-state index < -0.39 is 0 Å². The lowest BCUT2D eigenvalue weighted by atomic mass is 9.93. The molecule has 1 aliphatic rings. The van der Waals surface area contributed by atoms with Gasteiger partial charge < -0.3 is 0 Å². The molecule has 1 saturated heterocycles. The first-order chi connectivity index (χ1) is 4.74. The Hall–Kier alpha value is 0.250. The van der Waals surface area contributed by atoms with Gasteiger partial charge >= 0.3 is 0 Å². The van der Waals surface area contributed by atoms with Crippen molar-refractivity contribution in [1.29, 1.82) is 0 Å². The van der Waals surface area contributed by atoms with Gasteiger partial charge in [0.15, 0.2) is 0 Å². The average Bonchev–Trinajstić information content (AvgIpc) is 1.95. The van der Waals surface area contributed by atoms with Gasteiger partial charge in [-0.15, -0.1) is 0 Å². The average molecular weight is 162 g/mol. The molecule has 0 bridgehead atoms. The summed E-state index contributed by atoms with van der Waals surface area (Å²) in [6.45, 7) is 5.52. The standard InChI is InChI=1S/C8H16ClN/c1-3-8-5-4-7(2)10(9)6-8/h7-8H,3-6H2,1-2H3/t7-,8-/m1/s1. The Morgan fingerprint density at radius 1 is 1.50 bits per heavy atom. The number of hydrogen-bond acceptors (Lipinski definition) is 1. The second-order valence-corrected chi connectivity index (χ2v) is 3.72. The summed E-state index contributed by atoms with van der Waals surface area (Å²) in [5, 5.41) is 0. The maximum Gasteiger partial charge on any atom is 0.0223 e. The van der Waals surface area contributed by atoms with Crippen molar-refractivity contribution in [3.63, 3.8) is 0 Å². The van der Waals surface area contributed by atoms with E-state index in [0.29, 0.717) is 6.04 Å². The zero-order valence-corrected chi connectivity index (χ0v) is 7.56. The van der Waals surface area contributed by atoms with E-state index in [2.05, 4.69) is 13.8 Å². The van der Waals surface area contributed by atoms with Gasteiger partial charge in [0.05, 0.1) is 0 Å². The minimum Gasteiger partial charge on any atom is -0.217 e. The van der Waals surface area contributed by atoms with Crippen LogP contribution in [0, 0.1) is 5.92 Å². The molecule has 0 saturated carbocycles. The first-order valence-electron chi connectivity index (χ1n) is 4.16. The molecule has 1 nitrogen and oxygen atoms in total. The summed E-state index contributed by atoms with van der Waals surface area (Å²) in [6.07, 6.45) is 3.90. The third-order valence-electron chi connectivity index (χ3n) is 2.48. The van der Waals surface area contributed by atoms with Crippen LogP contribution < -0.4 is 0 Å². The van der Waals surface area contributed by atoms with Gasteiger partial charge in [-0.1, -0.05) is 13.3 Å². The van der Waals surface area contributed by atoms with Gasteiger partial charge in [0.1, 0.15) is 0 Å². The van der Waals surface area contributed by atoms with E-state index in [-0.39, 0.29) is 0 Å². The molecule has 2 atom stereocenters. The zero-order chi connectivity index (χ0) is 7.56. The van der Waals surface area contributed by atoms with Crippen LogP contribution in [-0.4, -0.2) is 17.0 Å². The molecule has 0 N–H and O–H groups in total. The highest BCUT2D eigenvalue weighted by Crippen LogP contribution is 2.24. The largest absolute Gasteiger partial charge is 0.217 e. The first kappa shape index (κ1) is 8.35. The van der Waals surface area contributed by atoms with Crippen molar-refractivity contribution < 1.29 is 0 Å². The molecular formula is C8H16ClN. The van der Waals surface area contributed by atoms with E-state index in [1.807, 2.05) is 4.42 Å². The molecule has 0 amide bonds. The molecule has 0 unspecified atom stereocenters. The molecule has 1 heterocycles. The van der Waals surface area contributed by atoms with Gasteiger partial charge in [0.2, 0.25) is 0 Å². The van der Waals surface area contributed by atoms with E-state index in [0.717, 1.165) is 12.5 Å². The lowest BCUT2D eigenvalue weighted by Crippen LogP contribution is -2.34. The Kier molecular flexibility index (Phi) is 2.99. The molecular weight excluding hydrogens is 146 g/mol. The molecule has 0 aliphatic carbocycles. The minimum atomic E-state index is 0.587. The van der Waals surface area contributed by atoms with Crippen molar-refractivity contribution >= 4 is 11.8 Å². The lowest BCUT2D eigenvalue weighted by molar-refractivity contribution is 0.211. The number of hydrogen-bond donors (Lipinski definition) is 0. The Labute approximate surface area is 68.5 Å². The fourth-order valence-corrected chi connectivity index (χ4v) is 1.76. The Balaban J connectivity index is 2.33. The maximum absolute atomic E-state index is 5.97. The number of nitrogens with zero attached hydrogens (tertiary/aromatic N) is 1. The van der Waals surface area contributed by atoms with Crippen molar-refractivity contribution in [3.8, 4) is 0 Å². The highest BCUT2D eigenvalue weighted by molar-refractivity contribution is 6.13. The molecule has 60 valence electrons. The lowest BCUT2D eigenvalue weighted by Gasteiger charge is -2.32. The van der Waals surface area contributed by atoms with E-state index >= 15 is 0 Å². The summed E-state index contributed by atoms with van der Waals surface area (Å²) in [5.74, 6) is 0.841. The van der Waals surface area contributed by atoms with Crippen LogP contribution >= 0.6 is 11.8 Å². The molecule has 2 heteroatoms. The molecule has 1 rings (SSSR count). The number of halogens is 1. The van der Waals surface area contributed by atoms with Crippen LogP contribution in [0.5, 0.6) is 0 Å². The molecule has 0 aromatic heterocycles. The number of piperidine rings is 1. The van der Waals surface area contributed by atoms with Crippen molar-refractivity contribution in [2.45, 2.75) is 39.2 Å². The molecule has 0 aromatic carbocycles. The van der Waals surface area contributed by atoms with Crippen LogP contribution in [0.4, 0.5) is 0 Å². The Morgan fingerprint density at radius 2 is 2.20 bits per heavy atom. The van der Waals surface area contributed by atoms with Crippen molar-refractivity contribution in [3.05, 3.63) is 0 Å². The van der Waals surface area contributed by atoms with Crippen molar-refractivity contribution in [2.75, 3.05) is 6.54 Å². The van der Waals surface area contributed by atoms with E-state index in [9.17, 15) is 0 Å². The summed E-state index contributed by atoms with van der Waals surface area (Å²) < 4.78 is 1.96. The predicted octanol–water partition coefficient (Wildman–Crippen LogP) is 2.65. The van der Waals surface area contributed by atoms with Crippen molar-refractivity contribution in [1.82, 2.24) is 4.42 Å². The molecule has 10 heavy (non-hydrogen) atoms. The quantitative estimate of drug-likeness (QED) is 0.535. The summed E-state index contributed by atoms with van der Waals surface area (Å²) >= 11 is 5.97. The summed E-state index contributed by atoms with van der Waals surface area (Å²) in [5.41, 5.74) is 0. The third kappa shape index (κ3) is 1.86. The molecule has 0 spiro atoms. The zero-order valence-electron chi connectivity index (χ0n) is 6.81. The summed E-state index contributed by atoms with van der Waals surface area (Å²) in [4.78, 5) is 0. The highest BCUT2D eigenvalue weighted by atomic mass is 35.5. The third-order valence-corrected chi connectivity index (χ3v) is 2.95.